The third-order valence-corrected chi connectivity index (χ3v) is 4.34. The number of piperidine rings is 1. The summed E-state index contributed by atoms with van der Waals surface area (Å²) in [6.45, 7) is 9.40. The van der Waals surface area contributed by atoms with Crippen LogP contribution in [0.3, 0.4) is 0 Å². The summed E-state index contributed by atoms with van der Waals surface area (Å²) in [6.07, 6.45) is 1.60. The van der Waals surface area contributed by atoms with Gasteiger partial charge in [-0.15, -0.1) is 0 Å². The van der Waals surface area contributed by atoms with E-state index in [1.807, 2.05) is 20.8 Å². The maximum Gasteiger partial charge on any atom is 0.240 e. The van der Waals surface area contributed by atoms with E-state index in [4.69, 9.17) is 14.0 Å². The van der Waals surface area contributed by atoms with Crippen LogP contribution in [0.15, 0.2) is 10.6 Å². The lowest BCUT2D eigenvalue weighted by Crippen LogP contribution is -2.47. The van der Waals surface area contributed by atoms with E-state index in [1.54, 1.807) is 6.07 Å². The summed E-state index contributed by atoms with van der Waals surface area (Å²) in [5.74, 6) is -0.0961. The number of nitrogens with one attached hydrogen (secondary N) is 1. The van der Waals surface area contributed by atoms with Gasteiger partial charge in [0.25, 0.3) is 0 Å². The largest absolute Gasteiger partial charge is 0.347 e. The van der Waals surface area contributed by atoms with Crippen LogP contribution in [0.1, 0.15) is 39.3 Å². The highest BCUT2D eigenvalue weighted by molar-refractivity contribution is 5.91. The molecule has 0 aliphatic carbocycles. The highest BCUT2D eigenvalue weighted by Crippen LogP contribution is 2.31. The summed E-state index contributed by atoms with van der Waals surface area (Å²) in [5, 5.41) is 6.77. The molecule has 3 rings (SSSR count). The number of anilines is 1. The van der Waals surface area contributed by atoms with Crippen molar-refractivity contribution in [3.05, 3.63) is 11.8 Å². The Morgan fingerprint density at radius 3 is 2.52 bits per heavy atom. The third kappa shape index (κ3) is 3.91. The van der Waals surface area contributed by atoms with Crippen molar-refractivity contribution in [2.24, 2.45) is 0 Å². The van der Waals surface area contributed by atoms with Crippen molar-refractivity contribution >= 4 is 11.8 Å². The van der Waals surface area contributed by atoms with Crippen LogP contribution in [-0.2, 0) is 19.7 Å². The number of carbonyl (C=O) groups is 1. The molecule has 0 bridgehead atoms. The lowest BCUT2D eigenvalue weighted by molar-refractivity contribution is -0.185. The van der Waals surface area contributed by atoms with E-state index in [9.17, 15) is 4.79 Å². The molecule has 1 aromatic rings. The second kappa shape index (κ2) is 6.22. The molecule has 3 heterocycles. The van der Waals surface area contributed by atoms with E-state index in [1.165, 1.54) is 0 Å². The zero-order valence-corrected chi connectivity index (χ0v) is 14.1. The number of ether oxygens (including phenoxy) is 2. The SMILES string of the molecule is CC(C)(C)c1cc(NC(=O)CN2CCC3(CC2)OCCO3)on1. The van der Waals surface area contributed by atoms with Crippen molar-refractivity contribution in [1.82, 2.24) is 10.1 Å². The normalized spacial score (nSPS) is 21.7. The molecule has 1 spiro atoms. The number of hydrogen-bond acceptors (Lipinski definition) is 6. The minimum atomic E-state index is -0.403. The zero-order valence-electron chi connectivity index (χ0n) is 14.1. The molecule has 2 aliphatic heterocycles. The van der Waals surface area contributed by atoms with Gasteiger partial charge in [-0.2, -0.15) is 0 Å². The molecule has 2 aliphatic rings. The molecule has 0 unspecified atom stereocenters. The molecule has 0 radical (unpaired) electrons. The van der Waals surface area contributed by atoms with Crippen molar-refractivity contribution < 1.29 is 18.8 Å². The maximum atomic E-state index is 12.1. The van der Waals surface area contributed by atoms with Crippen molar-refractivity contribution in [1.29, 1.82) is 0 Å². The second-order valence-corrected chi connectivity index (χ2v) is 7.26. The first-order chi connectivity index (χ1) is 10.9. The van der Waals surface area contributed by atoms with Crippen LogP contribution in [-0.4, -0.2) is 54.6 Å². The van der Waals surface area contributed by atoms with E-state index in [0.29, 0.717) is 25.6 Å². The van der Waals surface area contributed by atoms with Gasteiger partial charge in [0.1, 0.15) is 0 Å². The Bertz CT molecular complexity index is 548. The fourth-order valence-electron chi connectivity index (χ4n) is 2.91. The molecule has 7 nitrogen and oxygen atoms in total. The summed E-state index contributed by atoms with van der Waals surface area (Å²) in [5.41, 5.74) is 0.720. The first-order valence-corrected chi connectivity index (χ1v) is 8.14. The molecule has 1 amide bonds. The van der Waals surface area contributed by atoms with Crippen molar-refractivity contribution in [2.75, 3.05) is 38.2 Å². The van der Waals surface area contributed by atoms with Crippen LogP contribution in [0.25, 0.3) is 0 Å². The predicted molar refractivity (Wildman–Crippen MR) is 84.1 cm³/mol. The average molecular weight is 323 g/mol. The van der Waals surface area contributed by atoms with E-state index >= 15 is 0 Å². The Labute approximate surface area is 136 Å². The van der Waals surface area contributed by atoms with Crippen molar-refractivity contribution in [3.8, 4) is 0 Å². The van der Waals surface area contributed by atoms with Crippen LogP contribution < -0.4 is 5.32 Å². The maximum absolute atomic E-state index is 12.1. The van der Waals surface area contributed by atoms with Crippen LogP contribution in [0.4, 0.5) is 5.88 Å². The van der Waals surface area contributed by atoms with Crippen LogP contribution in [0.2, 0.25) is 0 Å². The lowest BCUT2D eigenvalue weighted by Gasteiger charge is -2.37. The summed E-state index contributed by atoms with van der Waals surface area (Å²) < 4.78 is 16.6. The molecule has 23 heavy (non-hydrogen) atoms. The monoisotopic (exact) mass is 323 g/mol. The second-order valence-electron chi connectivity index (χ2n) is 7.26. The molecule has 0 atom stereocenters. The minimum Gasteiger partial charge on any atom is -0.347 e. The zero-order chi connectivity index (χ0) is 16.5. The van der Waals surface area contributed by atoms with E-state index in [2.05, 4.69) is 15.4 Å². The fraction of sp³-hybridized carbons (Fsp3) is 0.750. The minimum absolute atomic E-state index is 0.0918. The molecule has 7 heteroatoms. The van der Waals surface area contributed by atoms with E-state index in [-0.39, 0.29) is 11.3 Å². The van der Waals surface area contributed by atoms with Gasteiger partial charge in [0.05, 0.1) is 25.5 Å². The predicted octanol–water partition coefficient (Wildman–Crippen LogP) is 1.75. The topological polar surface area (TPSA) is 76.8 Å². The van der Waals surface area contributed by atoms with Gasteiger partial charge in [-0.1, -0.05) is 25.9 Å². The first-order valence-electron chi connectivity index (χ1n) is 8.14. The molecular weight excluding hydrogens is 298 g/mol. The quantitative estimate of drug-likeness (QED) is 0.913. The van der Waals surface area contributed by atoms with Gasteiger partial charge >= 0.3 is 0 Å². The smallest absolute Gasteiger partial charge is 0.240 e. The molecule has 2 fully saturated rings. The summed E-state index contributed by atoms with van der Waals surface area (Å²) in [6, 6.07) is 1.78. The Morgan fingerprint density at radius 2 is 1.96 bits per heavy atom. The van der Waals surface area contributed by atoms with Gasteiger partial charge in [-0.05, 0) is 0 Å². The summed E-state index contributed by atoms with van der Waals surface area (Å²) in [4.78, 5) is 14.3. The van der Waals surface area contributed by atoms with Crippen molar-refractivity contribution in [3.63, 3.8) is 0 Å². The summed E-state index contributed by atoms with van der Waals surface area (Å²) >= 11 is 0. The number of carbonyl (C=O) groups excluding carboxylic acids is 1. The molecule has 2 saturated heterocycles. The molecule has 0 aromatic carbocycles. The number of amides is 1. The van der Waals surface area contributed by atoms with Crippen molar-refractivity contribution in [2.45, 2.75) is 44.8 Å². The van der Waals surface area contributed by atoms with E-state index < -0.39 is 5.79 Å². The van der Waals surface area contributed by atoms with Gasteiger partial charge in [-0.3, -0.25) is 15.0 Å². The van der Waals surface area contributed by atoms with E-state index in [0.717, 1.165) is 31.6 Å². The first kappa shape index (κ1) is 16.4. The number of aromatic nitrogens is 1. The molecule has 128 valence electrons. The van der Waals surface area contributed by atoms with Gasteiger partial charge in [-0.25, -0.2) is 0 Å². The number of likely N-dealkylation sites (tertiary alicyclic amines) is 1. The Morgan fingerprint density at radius 1 is 1.30 bits per heavy atom. The van der Waals surface area contributed by atoms with Gasteiger partial charge < -0.3 is 14.0 Å². The summed E-state index contributed by atoms with van der Waals surface area (Å²) in [7, 11) is 0. The Hall–Kier alpha value is -1.44. The molecule has 1 aromatic heterocycles. The highest BCUT2D eigenvalue weighted by atomic mass is 16.7. The molecule has 0 saturated carbocycles. The van der Waals surface area contributed by atoms with Gasteiger partial charge in [0.2, 0.25) is 11.8 Å². The molecular formula is C16H25N3O4. The highest BCUT2D eigenvalue weighted by Gasteiger charge is 2.39. The Kier molecular flexibility index (Phi) is 4.44. The molecule has 1 N–H and O–H groups in total. The Balaban J connectivity index is 1.47. The standard InChI is InChI=1S/C16H25N3O4/c1-15(2,3)12-10-14(23-18-12)17-13(20)11-19-6-4-16(5-7-19)21-8-9-22-16/h10H,4-9,11H2,1-3H3,(H,17,20). The van der Waals surface area contributed by atoms with Crippen LogP contribution in [0.5, 0.6) is 0 Å². The van der Waals surface area contributed by atoms with Gasteiger partial charge in [0.15, 0.2) is 5.79 Å². The fourth-order valence-corrected chi connectivity index (χ4v) is 2.91. The number of hydrogen-bond donors (Lipinski definition) is 1. The van der Waals surface area contributed by atoms with Crippen LogP contribution in [0, 0.1) is 0 Å². The number of rotatable bonds is 3. The van der Waals surface area contributed by atoms with Gasteiger partial charge in [0, 0.05) is 37.4 Å². The van der Waals surface area contributed by atoms with Crippen LogP contribution >= 0.6 is 0 Å². The number of nitrogens with zero attached hydrogens (tertiary/aromatic N) is 2. The third-order valence-electron chi connectivity index (χ3n) is 4.34. The lowest BCUT2D eigenvalue weighted by atomic mass is 9.92. The average Bonchev–Trinajstić information content (AvgIpc) is 3.11.